The second-order valence-electron chi connectivity index (χ2n) is 13.0. The van der Waals surface area contributed by atoms with Crippen LogP contribution in [0, 0.1) is 0 Å². The van der Waals surface area contributed by atoms with E-state index in [1.54, 1.807) is 0 Å². The van der Waals surface area contributed by atoms with Crippen molar-refractivity contribution in [2.75, 3.05) is 33.5 Å². The number of esters is 1. The quantitative estimate of drug-likeness (QED) is 0.0508. The van der Waals surface area contributed by atoms with E-state index < -0.39 is 118 Å². The van der Waals surface area contributed by atoms with Gasteiger partial charge in [0.1, 0.15) is 73.8 Å². The number of aromatic hydroxyl groups is 3. The molecule has 0 spiro atoms. The summed E-state index contributed by atoms with van der Waals surface area (Å²) in [5.74, 6) is -1.62. The SMILES string of the molecule is COc1cc(C=CC(=O)OCC2OC(OCCc3ccc(O)c(O)c3)C(OC3OCC(O)C(O)C3O)C(OC3OC(CO)C(O)C(O)C3O)C2O)ccc1O. The lowest BCUT2D eigenvalue weighted by Gasteiger charge is -2.48. The molecule has 0 amide bonds. The number of benzene rings is 2. The average Bonchev–Trinajstić information content (AvgIpc) is 3.17. The third-order valence-electron chi connectivity index (χ3n) is 9.22. The Balaban J connectivity index is 1.41. The second kappa shape index (κ2) is 19.0. The van der Waals surface area contributed by atoms with Crippen LogP contribution in [0.15, 0.2) is 42.5 Å². The van der Waals surface area contributed by atoms with Gasteiger partial charge < -0.3 is 94.1 Å². The molecule has 2 aromatic rings. The number of phenolic OH excluding ortho intramolecular Hbond substituents is 3. The summed E-state index contributed by atoms with van der Waals surface area (Å²) in [6.07, 6.45) is -21.5. The predicted octanol–water partition coefficient (Wildman–Crippen LogP) is -3.28. The summed E-state index contributed by atoms with van der Waals surface area (Å²) in [6.45, 7) is -2.15. The van der Waals surface area contributed by atoms with E-state index in [4.69, 9.17) is 37.9 Å². The Bertz CT molecular complexity index is 1590. The van der Waals surface area contributed by atoms with Gasteiger partial charge in [0.05, 0.1) is 26.9 Å². The summed E-state index contributed by atoms with van der Waals surface area (Å²) in [6, 6.07) is 8.37. The van der Waals surface area contributed by atoms with Gasteiger partial charge in [0.2, 0.25) is 0 Å². The minimum Gasteiger partial charge on any atom is -0.504 e. The number of rotatable bonds is 14. The molecule has 20 heteroatoms. The molecule has 14 unspecified atom stereocenters. The van der Waals surface area contributed by atoms with Crippen LogP contribution < -0.4 is 4.74 Å². The molecule has 0 aromatic heterocycles. The van der Waals surface area contributed by atoms with Crippen LogP contribution in [0.1, 0.15) is 11.1 Å². The molecular weight excluding hydrogens is 740 g/mol. The van der Waals surface area contributed by atoms with Crippen LogP contribution in [0.4, 0.5) is 0 Å². The lowest BCUT2D eigenvalue weighted by atomic mass is 9.96. The Kier molecular flexibility index (Phi) is 14.6. The maximum absolute atomic E-state index is 12.8. The summed E-state index contributed by atoms with van der Waals surface area (Å²) in [7, 11) is 1.35. The van der Waals surface area contributed by atoms with Gasteiger partial charge in [-0.15, -0.1) is 0 Å². The van der Waals surface area contributed by atoms with Crippen molar-refractivity contribution in [1.82, 2.24) is 0 Å². The molecule has 5 rings (SSSR count). The van der Waals surface area contributed by atoms with Gasteiger partial charge in [-0.1, -0.05) is 12.1 Å². The van der Waals surface area contributed by atoms with E-state index in [-0.39, 0.29) is 30.3 Å². The first-order valence-electron chi connectivity index (χ1n) is 17.2. The first-order chi connectivity index (χ1) is 26.2. The number of carbonyl (C=O) groups is 1. The van der Waals surface area contributed by atoms with Crippen molar-refractivity contribution in [2.45, 2.75) is 92.4 Å². The van der Waals surface area contributed by atoms with Gasteiger partial charge in [0, 0.05) is 6.08 Å². The second-order valence-corrected chi connectivity index (χ2v) is 13.0. The van der Waals surface area contributed by atoms with Crippen LogP contribution in [0.5, 0.6) is 23.0 Å². The zero-order chi connectivity index (χ0) is 40.0. The minimum atomic E-state index is -1.96. The van der Waals surface area contributed by atoms with Crippen molar-refractivity contribution >= 4 is 12.0 Å². The highest BCUT2D eigenvalue weighted by Crippen LogP contribution is 2.34. The third kappa shape index (κ3) is 10.2. The Hall–Kier alpha value is -3.71. The van der Waals surface area contributed by atoms with Crippen LogP contribution in [-0.4, -0.2) is 182 Å². The van der Waals surface area contributed by atoms with Gasteiger partial charge >= 0.3 is 5.97 Å². The Morgan fingerprint density at radius 3 is 2.16 bits per heavy atom. The zero-order valence-corrected chi connectivity index (χ0v) is 29.3. The standard InChI is InChI=1S/C35H46O20/c1-48-21-11-15(3-6-18(21)38)4-7-24(41)50-14-23-27(44)31(54-34-30(47)28(45)26(43)22(12-36)52-34)32(55-33-29(46)25(42)20(40)13-51-33)35(53-23)49-9-8-16-2-5-17(37)19(39)10-16/h2-7,10-11,20,22-23,25-40,42-47H,8-9,12-14H2,1H3. The molecule has 3 heterocycles. The lowest BCUT2D eigenvalue weighted by molar-refractivity contribution is -0.386. The lowest BCUT2D eigenvalue weighted by Crippen LogP contribution is -2.66. The van der Waals surface area contributed by atoms with Crippen LogP contribution in [0.25, 0.3) is 6.08 Å². The molecule has 2 aromatic carbocycles. The van der Waals surface area contributed by atoms with Crippen LogP contribution in [0.2, 0.25) is 0 Å². The first kappa shape index (κ1) is 42.4. The Labute approximate surface area is 313 Å². The first-order valence-corrected chi connectivity index (χ1v) is 17.2. The minimum absolute atomic E-state index is 0.0984. The molecule has 14 atom stereocenters. The van der Waals surface area contributed by atoms with Crippen molar-refractivity contribution in [2.24, 2.45) is 0 Å². The fraction of sp³-hybridized carbons (Fsp3) is 0.571. The van der Waals surface area contributed by atoms with E-state index in [0.717, 1.165) is 6.08 Å². The topological polar surface area (TPSA) is 313 Å². The molecule has 3 aliphatic heterocycles. The number of aliphatic hydroxyl groups is 8. The monoisotopic (exact) mass is 786 g/mol. The number of carbonyl (C=O) groups excluding carboxylic acids is 1. The summed E-state index contributed by atoms with van der Waals surface area (Å²) in [4.78, 5) is 12.8. The van der Waals surface area contributed by atoms with Crippen molar-refractivity contribution in [3.63, 3.8) is 0 Å². The number of hydrogen-bond donors (Lipinski definition) is 11. The number of phenols is 3. The van der Waals surface area contributed by atoms with Crippen molar-refractivity contribution in [3.8, 4) is 23.0 Å². The van der Waals surface area contributed by atoms with Gasteiger partial charge in [0.15, 0.2) is 41.9 Å². The van der Waals surface area contributed by atoms with Crippen LogP contribution in [0.3, 0.4) is 0 Å². The Morgan fingerprint density at radius 2 is 1.45 bits per heavy atom. The van der Waals surface area contributed by atoms with Crippen LogP contribution >= 0.6 is 0 Å². The van der Waals surface area contributed by atoms with Gasteiger partial charge in [-0.05, 0) is 47.9 Å². The van der Waals surface area contributed by atoms with E-state index in [1.165, 1.54) is 49.6 Å². The average molecular weight is 787 g/mol. The van der Waals surface area contributed by atoms with E-state index in [2.05, 4.69) is 0 Å². The molecule has 0 aliphatic carbocycles. The number of aliphatic hydroxyl groups excluding tert-OH is 8. The molecule has 3 fully saturated rings. The normalized spacial score (nSPS) is 35.4. The molecule has 55 heavy (non-hydrogen) atoms. The fourth-order valence-electron chi connectivity index (χ4n) is 6.04. The highest BCUT2D eigenvalue weighted by molar-refractivity contribution is 5.87. The maximum Gasteiger partial charge on any atom is 0.330 e. The maximum atomic E-state index is 12.8. The van der Waals surface area contributed by atoms with Gasteiger partial charge in [0.25, 0.3) is 0 Å². The van der Waals surface area contributed by atoms with Gasteiger partial charge in [-0.3, -0.25) is 0 Å². The summed E-state index contributed by atoms with van der Waals surface area (Å²) >= 11 is 0. The molecule has 0 saturated carbocycles. The highest BCUT2D eigenvalue weighted by Gasteiger charge is 2.54. The number of ether oxygens (including phenoxy) is 8. The number of methoxy groups -OCH3 is 1. The molecule has 11 N–H and O–H groups in total. The van der Waals surface area contributed by atoms with Gasteiger partial charge in [-0.2, -0.15) is 0 Å². The molecule has 0 bridgehead atoms. The predicted molar refractivity (Wildman–Crippen MR) is 180 cm³/mol. The third-order valence-corrected chi connectivity index (χ3v) is 9.22. The molecule has 3 saturated heterocycles. The highest BCUT2D eigenvalue weighted by atomic mass is 16.8. The van der Waals surface area contributed by atoms with E-state index in [1.807, 2.05) is 0 Å². The molecular formula is C35H46O20. The summed E-state index contributed by atoms with van der Waals surface area (Å²) < 4.78 is 45.2. The zero-order valence-electron chi connectivity index (χ0n) is 29.3. The number of hydrogen-bond acceptors (Lipinski definition) is 20. The molecule has 3 aliphatic rings. The van der Waals surface area contributed by atoms with Crippen LogP contribution in [-0.2, 0) is 44.4 Å². The van der Waals surface area contributed by atoms with Crippen molar-refractivity contribution < 1.29 is 98.9 Å². The van der Waals surface area contributed by atoms with E-state index >= 15 is 0 Å². The largest absolute Gasteiger partial charge is 0.504 e. The molecule has 306 valence electrons. The summed E-state index contributed by atoms with van der Waals surface area (Å²) in [5, 5.41) is 113. The van der Waals surface area contributed by atoms with E-state index in [0.29, 0.717) is 11.1 Å². The van der Waals surface area contributed by atoms with E-state index in [9.17, 15) is 61.0 Å². The molecule has 0 radical (unpaired) electrons. The fourth-order valence-corrected chi connectivity index (χ4v) is 6.04. The Morgan fingerprint density at radius 1 is 0.764 bits per heavy atom. The van der Waals surface area contributed by atoms with Crippen molar-refractivity contribution in [3.05, 3.63) is 53.6 Å². The molecule has 20 nitrogen and oxygen atoms in total. The van der Waals surface area contributed by atoms with Crippen molar-refractivity contribution in [1.29, 1.82) is 0 Å². The smallest absolute Gasteiger partial charge is 0.330 e. The van der Waals surface area contributed by atoms with Gasteiger partial charge in [-0.25, -0.2) is 4.79 Å². The summed E-state index contributed by atoms with van der Waals surface area (Å²) in [5.41, 5.74) is 0.970.